The van der Waals surface area contributed by atoms with Crippen LogP contribution in [0.1, 0.15) is 41.5 Å². The Morgan fingerprint density at radius 2 is 1.04 bits per heavy atom. The highest BCUT2D eigenvalue weighted by atomic mass is 32.1. The molecule has 6 aromatic heterocycles. The first-order valence-corrected chi connectivity index (χ1v) is 21.9. The number of hydrogen-bond acceptors (Lipinski definition) is 9. The molecule has 0 saturated heterocycles. The highest BCUT2D eigenvalue weighted by Gasteiger charge is 2.25. The second-order valence-electron chi connectivity index (χ2n) is 15.9. The van der Waals surface area contributed by atoms with E-state index in [4.69, 9.17) is 9.47 Å². The zero-order valence-electron chi connectivity index (χ0n) is 32.2. The predicted molar refractivity (Wildman–Crippen MR) is 241 cm³/mol. The van der Waals surface area contributed by atoms with Crippen LogP contribution in [0.15, 0.2) is 117 Å². The number of nitrogens with zero attached hydrogens (tertiary/aromatic N) is 2. The second-order valence-corrected chi connectivity index (χ2v) is 20.0. The van der Waals surface area contributed by atoms with E-state index in [9.17, 15) is 14.4 Å². The number of rotatable bonds is 6. The summed E-state index contributed by atoms with van der Waals surface area (Å²) in [6.45, 7) is 11.5. The van der Waals surface area contributed by atoms with Crippen LogP contribution in [-0.2, 0) is 16.2 Å². The first-order valence-electron chi connectivity index (χ1n) is 18.5. The van der Waals surface area contributed by atoms with Gasteiger partial charge >= 0.3 is 6.09 Å². The van der Waals surface area contributed by atoms with Crippen molar-refractivity contribution >= 4 is 95.1 Å². The molecule has 0 aliphatic heterocycles. The number of hydrogen-bond donors (Lipinski definition) is 0. The van der Waals surface area contributed by atoms with Crippen LogP contribution in [0.25, 0.3) is 84.0 Å². The van der Waals surface area contributed by atoms with Crippen molar-refractivity contribution in [1.82, 2.24) is 9.13 Å². The van der Waals surface area contributed by atoms with Crippen molar-refractivity contribution in [3.63, 3.8) is 0 Å². The Morgan fingerprint density at radius 1 is 0.544 bits per heavy atom. The standard InChI is InChI=1S/C46H38N2O5S4/c1-45(2,3)52-25-47-32-13-11-26(36-15-17-40(56-36)38-9-7-19-54-38)21-28(32)42(49)30-24-35-31(23-34(30)47)43(50)29-22-27(37-16-18-41(57-37)39-10-8-20-55-39)12-14-33(29)48(35)44(51)53-46(4,5)6/h7-24H,25H2,1-6H3. The predicted octanol–water partition coefficient (Wildman–Crippen LogP) is 13.1. The van der Waals surface area contributed by atoms with E-state index in [0.717, 1.165) is 25.8 Å². The molecule has 0 spiro atoms. The molecule has 6 heterocycles. The summed E-state index contributed by atoms with van der Waals surface area (Å²) < 4.78 is 15.7. The molecule has 11 heteroatoms. The van der Waals surface area contributed by atoms with Gasteiger partial charge in [0.1, 0.15) is 12.3 Å². The van der Waals surface area contributed by atoms with Crippen LogP contribution in [0.3, 0.4) is 0 Å². The maximum Gasteiger partial charge on any atom is 0.419 e. The Bertz CT molecular complexity index is 3130. The second kappa shape index (κ2) is 14.0. The lowest BCUT2D eigenvalue weighted by Crippen LogP contribution is -2.29. The van der Waals surface area contributed by atoms with Crippen LogP contribution in [0, 0.1) is 0 Å². The molecular weight excluding hydrogens is 789 g/mol. The smallest absolute Gasteiger partial charge is 0.419 e. The minimum absolute atomic E-state index is 0.131. The number of thiophene rings is 4. The fourth-order valence-corrected chi connectivity index (χ4v) is 10.7. The van der Waals surface area contributed by atoms with Crippen LogP contribution in [0.5, 0.6) is 0 Å². The first-order chi connectivity index (χ1) is 27.2. The molecule has 9 rings (SSSR count). The number of benzene rings is 3. The van der Waals surface area contributed by atoms with Gasteiger partial charge in [-0.25, -0.2) is 9.36 Å². The Kier molecular flexibility index (Phi) is 9.21. The van der Waals surface area contributed by atoms with Crippen molar-refractivity contribution < 1.29 is 14.3 Å². The Balaban J connectivity index is 1.30. The minimum atomic E-state index is -0.820. The highest BCUT2D eigenvalue weighted by molar-refractivity contribution is 7.23. The molecule has 3 aromatic carbocycles. The highest BCUT2D eigenvalue weighted by Crippen LogP contribution is 2.39. The summed E-state index contributed by atoms with van der Waals surface area (Å²) in [5.41, 5.74) is 1.96. The lowest BCUT2D eigenvalue weighted by atomic mass is 10.0. The van der Waals surface area contributed by atoms with Gasteiger partial charge in [0.2, 0.25) is 0 Å². The van der Waals surface area contributed by atoms with E-state index in [2.05, 4.69) is 47.2 Å². The summed E-state index contributed by atoms with van der Waals surface area (Å²) in [5.74, 6) is 0. The zero-order chi connectivity index (χ0) is 39.8. The molecule has 286 valence electrons. The van der Waals surface area contributed by atoms with Crippen LogP contribution in [0.2, 0.25) is 0 Å². The van der Waals surface area contributed by atoms with Gasteiger partial charge in [-0.3, -0.25) is 9.59 Å². The average molecular weight is 827 g/mol. The van der Waals surface area contributed by atoms with Crippen molar-refractivity contribution in [2.45, 2.75) is 59.5 Å². The van der Waals surface area contributed by atoms with E-state index < -0.39 is 17.3 Å². The summed E-state index contributed by atoms with van der Waals surface area (Å²) in [6, 6.07) is 31.6. The molecule has 0 saturated carbocycles. The minimum Gasteiger partial charge on any atom is -0.443 e. The van der Waals surface area contributed by atoms with E-state index in [1.165, 1.54) is 19.2 Å². The quantitative estimate of drug-likeness (QED) is 0.156. The van der Waals surface area contributed by atoms with Crippen molar-refractivity contribution in [2.75, 3.05) is 0 Å². The van der Waals surface area contributed by atoms with Crippen LogP contribution >= 0.6 is 45.3 Å². The monoisotopic (exact) mass is 826 g/mol. The number of carbonyl (C=O) groups excluding carboxylic acids is 1. The molecule has 0 radical (unpaired) electrons. The molecule has 0 N–H and O–H groups in total. The van der Waals surface area contributed by atoms with E-state index in [1.54, 1.807) is 63.5 Å². The molecule has 0 atom stereocenters. The fourth-order valence-electron chi connectivity index (χ4n) is 7.06. The van der Waals surface area contributed by atoms with Gasteiger partial charge in [-0.15, -0.1) is 45.3 Å². The van der Waals surface area contributed by atoms with Crippen LogP contribution in [-0.4, -0.2) is 26.4 Å². The fraction of sp³-hybridized carbons (Fsp3) is 0.196. The Morgan fingerprint density at radius 3 is 1.56 bits per heavy atom. The van der Waals surface area contributed by atoms with Crippen molar-refractivity contribution in [2.24, 2.45) is 0 Å². The number of ether oxygens (including phenoxy) is 2. The maximum atomic E-state index is 14.8. The van der Waals surface area contributed by atoms with Crippen molar-refractivity contribution in [3.05, 3.63) is 128 Å². The number of carbonyl (C=O) groups is 1. The Hall–Kier alpha value is -5.17. The normalized spacial score (nSPS) is 12.4. The molecule has 0 bridgehead atoms. The van der Waals surface area contributed by atoms with Gasteiger partial charge in [-0.1, -0.05) is 24.3 Å². The summed E-state index contributed by atoms with van der Waals surface area (Å²) in [4.78, 5) is 50.5. The molecule has 0 aliphatic carbocycles. The van der Waals surface area contributed by atoms with Gasteiger partial charge in [0.15, 0.2) is 10.9 Å². The third kappa shape index (κ3) is 6.97. The third-order valence-electron chi connectivity index (χ3n) is 9.66. The van der Waals surface area contributed by atoms with Crippen molar-refractivity contribution in [1.29, 1.82) is 0 Å². The zero-order valence-corrected chi connectivity index (χ0v) is 35.4. The SMILES string of the molecule is CC(C)(C)OCn1c2ccc(-c3ccc(-c4cccs4)s3)cc2c(=O)c2cc3c(cc21)c(=O)c1cc(-c2ccc(-c4cccs4)s2)ccc1n3C(=O)OC(C)(C)C. The number of aromatic nitrogens is 2. The summed E-state index contributed by atoms with van der Waals surface area (Å²) >= 11 is 6.71. The summed E-state index contributed by atoms with van der Waals surface area (Å²) in [6.07, 6.45) is -0.639. The van der Waals surface area contributed by atoms with Crippen LogP contribution in [0.4, 0.5) is 4.79 Å². The average Bonchev–Trinajstić information content (AvgIpc) is 4.01. The first kappa shape index (κ1) is 37.4. The molecule has 57 heavy (non-hydrogen) atoms. The van der Waals surface area contributed by atoms with Crippen molar-refractivity contribution in [3.8, 4) is 40.4 Å². The topological polar surface area (TPSA) is 79.5 Å². The molecule has 9 aromatic rings. The third-order valence-corrected chi connectivity index (χ3v) is 14.1. The number of pyridine rings is 2. The summed E-state index contributed by atoms with van der Waals surface area (Å²) in [7, 11) is 0. The molecular formula is C46H38N2O5S4. The number of fused-ring (bicyclic) bond motifs is 4. The molecule has 0 amide bonds. The van der Waals surface area contributed by atoms with Gasteiger partial charge in [0.25, 0.3) is 0 Å². The van der Waals surface area contributed by atoms with E-state index in [0.29, 0.717) is 43.6 Å². The lowest BCUT2D eigenvalue weighted by Gasteiger charge is -2.24. The van der Waals surface area contributed by atoms with E-state index in [-0.39, 0.29) is 17.6 Å². The van der Waals surface area contributed by atoms with Gasteiger partial charge < -0.3 is 14.0 Å². The molecule has 0 aliphatic rings. The van der Waals surface area contributed by atoms with E-state index >= 15 is 0 Å². The van der Waals surface area contributed by atoms with Gasteiger partial charge in [0.05, 0.1) is 27.7 Å². The maximum absolute atomic E-state index is 14.8. The molecule has 0 unspecified atom stereocenters. The largest absolute Gasteiger partial charge is 0.443 e. The Labute approximate surface area is 344 Å². The lowest BCUT2D eigenvalue weighted by molar-refractivity contribution is -0.0401. The van der Waals surface area contributed by atoms with Gasteiger partial charge in [-0.05, 0) is 136 Å². The molecule has 0 fully saturated rings. The van der Waals surface area contributed by atoms with Gasteiger partial charge in [-0.2, -0.15) is 0 Å². The van der Waals surface area contributed by atoms with Crippen LogP contribution < -0.4 is 10.9 Å². The van der Waals surface area contributed by atoms with E-state index in [1.807, 2.05) is 88.6 Å². The summed E-state index contributed by atoms with van der Waals surface area (Å²) in [5, 5.41) is 5.67. The molecule has 7 nitrogen and oxygen atoms in total. The van der Waals surface area contributed by atoms with Gasteiger partial charge in [0, 0.05) is 50.8 Å².